The molecule has 0 aliphatic heterocycles. The second-order valence-corrected chi connectivity index (χ2v) is 8.86. The lowest BCUT2D eigenvalue weighted by atomic mass is 10.0. The quantitative estimate of drug-likeness (QED) is 0.405. The largest absolute Gasteiger partial charge is 0.416 e. The minimum Gasteiger partial charge on any atom is -0.298 e. The molecule has 0 radical (unpaired) electrons. The van der Waals surface area contributed by atoms with Gasteiger partial charge in [0.1, 0.15) is 5.82 Å². The molecule has 1 aliphatic rings. The van der Waals surface area contributed by atoms with Crippen molar-refractivity contribution in [2.45, 2.75) is 29.8 Å². The molecule has 0 atom stereocenters. The molecule has 1 heterocycles. The van der Waals surface area contributed by atoms with Gasteiger partial charge in [-0.05, 0) is 54.7 Å². The van der Waals surface area contributed by atoms with E-state index in [1.54, 1.807) is 0 Å². The molecule has 0 saturated heterocycles. The molecule has 4 rings (SSSR count). The second kappa shape index (κ2) is 7.09. The van der Waals surface area contributed by atoms with E-state index < -0.39 is 32.5 Å². The summed E-state index contributed by atoms with van der Waals surface area (Å²) in [5, 5.41) is 0. The number of hydrogen-bond donors (Lipinski definition) is 0. The first-order valence-electron chi connectivity index (χ1n) is 9.02. The maximum atomic E-state index is 14.6. The Labute approximate surface area is 169 Å². The number of aromatic nitrogens is 1. The number of halogens is 4. The number of carbonyl (C=O) groups excluding carboxylic acids is 1. The van der Waals surface area contributed by atoms with E-state index in [0.29, 0.717) is 30.8 Å². The molecule has 1 aromatic heterocycles. The van der Waals surface area contributed by atoms with Crippen molar-refractivity contribution in [3.8, 4) is 11.3 Å². The van der Waals surface area contributed by atoms with E-state index in [0.717, 1.165) is 34.4 Å². The third kappa shape index (κ3) is 3.43. The Morgan fingerprint density at radius 3 is 2.33 bits per heavy atom. The summed E-state index contributed by atoms with van der Waals surface area (Å²) in [6.45, 7) is 0. The summed E-state index contributed by atoms with van der Waals surface area (Å²) >= 11 is 0. The average Bonchev–Trinajstić information content (AvgIpc) is 3.47. The molecule has 30 heavy (non-hydrogen) atoms. The summed E-state index contributed by atoms with van der Waals surface area (Å²) < 4.78 is 81.2. The van der Waals surface area contributed by atoms with Crippen molar-refractivity contribution in [3.63, 3.8) is 0 Å². The van der Waals surface area contributed by atoms with Crippen LogP contribution in [0.15, 0.2) is 59.6 Å². The van der Waals surface area contributed by atoms with Crippen LogP contribution in [0, 0.1) is 5.82 Å². The molecule has 2 aromatic carbocycles. The predicted octanol–water partition coefficient (Wildman–Crippen LogP) is 5.24. The molecule has 0 unspecified atom stereocenters. The van der Waals surface area contributed by atoms with Crippen molar-refractivity contribution in [2.24, 2.45) is 0 Å². The molecule has 1 saturated carbocycles. The van der Waals surface area contributed by atoms with Crippen LogP contribution in [0.3, 0.4) is 0 Å². The minimum absolute atomic E-state index is 0.0323. The van der Waals surface area contributed by atoms with Gasteiger partial charge in [0.2, 0.25) is 0 Å². The zero-order chi connectivity index (χ0) is 21.7. The normalized spacial score (nSPS) is 14.7. The Kier molecular flexibility index (Phi) is 4.80. The fourth-order valence-corrected chi connectivity index (χ4v) is 4.91. The standard InChI is InChI=1S/C21H15F4NO3S/c22-18-7-2-1-6-17(18)20-19(13-8-9-13)14(12-27)11-26(20)30(28,29)16-5-3-4-15(10-16)21(23,24)25/h1-7,10-13H,8-9H2. The molecule has 0 N–H and O–H groups in total. The summed E-state index contributed by atoms with van der Waals surface area (Å²) in [6.07, 6.45) is -1.79. The van der Waals surface area contributed by atoms with Crippen LogP contribution in [0.2, 0.25) is 0 Å². The molecule has 1 fully saturated rings. The Morgan fingerprint density at radius 1 is 1.03 bits per heavy atom. The van der Waals surface area contributed by atoms with Crippen LogP contribution < -0.4 is 0 Å². The molecule has 3 aromatic rings. The fraction of sp³-hybridized carbons (Fsp3) is 0.190. The highest BCUT2D eigenvalue weighted by atomic mass is 32.2. The SMILES string of the molecule is O=Cc1cn(S(=O)(=O)c2cccc(C(F)(F)F)c2)c(-c2ccccc2F)c1C1CC1. The number of benzene rings is 2. The van der Waals surface area contributed by atoms with Gasteiger partial charge in [-0.1, -0.05) is 18.2 Å². The van der Waals surface area contributed by atoms with Gasteiger partial charge in [0.05, 0.1) is 16.2 Å². The van der Waals surface area contributed by atoms with E-state index >= 15 is 0 Å². The number of carbonyl (C=O) groups is 1. The van der Waals surface area contributed by atoms with Crippen LogP contribution in [-0.4, -0.2) is 18.7 Å². The first kappa shape index (κ1) is 20.3. The van der Waals surface area contributed by atoms with Gasteiger partial charge in [-0.2, -0.15) is 13.2 Å². The number of hydrogen-bond acceptors (Lipinski definition) is 3. The van der Waals surface area contributed by atoms with Crippen LogP contribution in [0.5, 0.6) is 0 Å². The lowest BCUT2D eigenvalue weighted by Gasteiger charge is -2.14. The molecule has 1 aliphatic carbocycles. The van der Waals surface area contributed by atoms with Gasteiger partial charge in [0.15, 0.2) is 6.29 Å². The molecule has 0 bridgehead atoms. The highest BCUT2D eigenvalue weighted by molar-refractivity contribution is 7.90. The molecular formula is C21H15F4NO3S. The fourth-order valence-electron chi connectivity index (χ4n) is 3.46. The first-order chi connectivity index (χ1) is 14.1. The van der Waals surface area contributed by atoms with Crippen LogP contribution in [0.4, 0.5) is 17.6 Å². The Hall–Kier alpha value is -2.94. The molecule has 0 spiro atoms. The lowest BCUT2D eigenvalue weighted by molar-refractivity contribution is -0.137. The summed E-state index contributed by atoms with van der Waals surface area (Å²) in [7, 11) is -4.54. The van der Waals surface area contributed by atoms with Gasteiger partial charge in [0.25, 0.3) is 10.0 Å². The predicted molar refractivity (Wildman–Crippen MR) is 101 cm³/mol. The molecule has 156 valence electrons. The Bertz CT molecular complexity index is 1240. The number of aldehydes is 1. The van der Waals surface area contributed by atoms with Crippen molar-refractivity contribution in [3.05, 3.63) is 77.2 Å². The number of alkyl halides is 3. The number of rotatable bonds is 5. The van der Waals surface area contributed by atoms with E-state index in [1.165, 1.54) is 18.2 Å². The van der Waals surface area contributed by atoms with Crippen LogP contribution in [-0.2, 0) is 16.2 Å². The highest BCUT2D eigenvalue weighted by Crippen LogP contribution is 2.47. The average molecular weight is 437 g/mol. The minimum atomic E-state index is -4.73. The smallest absolute Gasteiger partial charge is 0.298 e. The maximum absolute atomic E-state index is 14.6. The topological polar surface area (TPSA) is 56.1 Å². The number of nitrogens with zero attached hydrogens (tertiary/aromatic N) is 1. The maximum Gasteiger partial charge on any atom is 0.416 e. The summed E-state index contributed by atoms with van der Waals surface area (Å²) in [5.74, 6) is -0.812. The van der Waals surface area contributed by atoms with Gasteiger partial charge in [-0.15, -0.1) is 0 Å². The second-order valence-electron chi connectivity index (χ2n) is 7.05. The van der Waals surface area contributed by atoms with Crippen LogP contribution >= 0.6 is 0 Å². The van der Waals surface area contributed by atoms with Crippen molar-refractivity contribution >= 4 is 16.3 Å². The molecule has 0 amide bonds. The summed E-state index contributed by atoms with van der Waals surface area (Å²) in [4.78, 5) is 11.0. The van der Waals surface area contributed by atoms with E-state index in [-0.39, 0.29) is 22.7 Å². The zero-order valence-corrected chi connectivity index (χ0v) is 16.2. The van der Waals surface area contributed by atoms with Crippen molar-refractivity contribution in [1.82, 2.24) is 3.97 Å². The summed E-state index contributed by atoms with van der Waals surface area (Å²) in [5.41, 5.74) is -0.726. The van der Waals surface area contributed by atoms with E-state index in [1.807, 2.05) is 0 Å². The van der Waals surface area contributed by atoms with Gasteiger partial charge in [-0.3, -0.25) is 4.79 Å². The third-order valence-electron chi connectivity index (χ3n) is 5.00. The Balaban J connectivity index is 2.00. The van der Waals surface area contributed by atoms with E-state index in [9.17, 15) is 30.8 Å². The third-order valence-corrected chi connectivity index (χ3v) is 6.66. The van der Waals surface area contributed by atoms with Gasteiger partial charge >= 0.3 is 6.18 Å². The monoisotopic (exact) mass is 437 g/mol. The van der Waals surface area contributed by atoms with Gasteiger partial charge in [-0.25, -0.2) is 16.8 Å². The van der Waals surface area contributed by atoms with E-state index in [2.05, 4.69) is 0 Å². The van der Waals surface area contributed by atoms with Crippen molar-refractivity contribution in [2.75, 3.05) is 0 Å². The lowest BCUT2D eigenvalue weighted by Crippen LogP contribution is -2.15. The van der Waals surface area contributed by atoms with Gasteiger partial charge in [0, 0.05) is 17.3 Å². The molecular weight excluding hydrogens is 422 g/mol. The summed E-state index contributed by atoms with van der Waals surface area (Å²) in [6, 6.07) is 8.80. The van der Waals surface area contributed by atoms with Crippen molar-refractivity contribution < 1.29 is 30.8 Å². The molecule has 9 heteroatoms. The zero-order valence-electron chi connectivity index (χ0n) is 15.4. The van der Waals surface area contributed by atoms with Crippen LogP contribution in [0.1, 0.15) is 40.2 Å². The Morgan fingerprint density at radius 2 is 1.73 bits per heavy atom. The van der Waals surface area contributed by atoms with Crippen molar-refractivity contribution in [1.29, 1.82) is 0 Å². The van der Waals surface area contributed by atoms with Gasteiger partial charge < -0.3 is 0 Å². The first-order valence-corrected chi connectivity index (χ1v) is 10.5. The van der Waals surface area contributed by atoms with Crippen LogP contribution in [0.25, 0.3) is 11.3 Å². The highest BCUT2D eigenvalue weighted by Gasteiger charge is 2.36. The molecule has 4 nitrogen and oxygen atoms in total. The van der Waals surface area contributed by atoms with E-state index in [4.69, 9.17) is 0 Å².